The maximum Gasteiger partial charge on any atom is 0.228 e. The van der Waals surface area contributed by atoms with Gasteiger partial charge in [-0.2, -0.15) is 0 Å². The summed E-state index contributed by atoms with van der Waals surface area (Å²) in [6.07, 6.45) is 2.24. The van der Waals surface area contributed by atoms with E-state index in [-0.39, 0.29) is 24.9 Å². The molecular formula is C19H29N3O4S. The van der Waals surface area contributed by atoms with E-state index in [0.717, 1.165) is 25.2 Å². The van der Waals surface area contributed by atoms with Gasteiger partial charge in [-0.25, -0.2) is 12.7 Å². The number of para-hydroxylation sites is 1. The number of benzene rings is 1. The van der Waals surface area contributed by atoms with Crippen LogP contribution in [0.15, 0.2) is 24.3 Å². The number of amides is 1. The van der Waals surface area contributed by atoms with Gasteiger partial charge < -0.3 is 9.64 Å². The SMILES string of the molecule is CC1Cc2ccccc2N1C(=O)CCN(CCN1CCOCC1)S(C)(=O)=O. The summed E-state index contributed by atoms with van der Waals surface area (Å²) in [7, 11) is -3.35. The Morgan fingerprint density at radius 2 is 1.93 bits per heavy atom. The van der Waals surface area contributed by atoms with Gasteiger partial charge >= 0.3 is 0 Å². The maximum absolute atomic E-state index is 12.8. The first-order valence-corrected chi connectivity index (χ1v) is 11.4. The molecule has 2 heterocycles. The van der Waals surface area contributed by atoms with Crippen molar-refractivity contribution in [1.82, 2.24) is 9.21 Å². The third kappa shape index (κ3) is 5.07. The summed E-state index contributed by atoms with van der Waals surface area (Å²) in [6.45, 7) is 6.31. The standard InChI is InChI=1S/C19H29N3O4S/c1-16-15-17-5-3-4-6-18(17)22(16)19(23)7-8-21(27(2,24)25)10-9-20-11-13-26-14-12-20/h3-6,16H,7-15H2,1-2H3. The van der Waals surface area contributed by atoms with Crippen molar-refractivity contribution in [3.8, 4) is 0 Å². The van der Waals surface area contributed by atoms with Gasteiger partial charge in [-0.1, -0.05) is 18.2 Å². The summed E-state index contributed by atoms with van der Waals surface area (Å²) in [5, 5.41) is 0. The molecule has 1 aromatic rings. The van der Waals surface area contributed by atoms with Crippen LogP contribution in [0, 0.1) is 0 Å². The molecule has 1 fully saturated rings. The van der Waals surface area contributed by atoms with Gasteiger partial charge in [-0.05, 0) is 25.0 Å². The van der Waals surface area contributed by atoms with E-state index >= 15 is 0 Å². The largest absolute Gasteiger partial charge is 0.379 e. The molecule has 8 heteroatoms. The normalized spacial score (nSPS) is 20.9. The van der Waals surface area contributed by atoms with Crippen molar-refractivity contribution in [2.45, 2.75) is 25.8 Å². The Morgan fingerprint density at radius 3 is 2.63 bits per heavy atom. The molecule has 1 atom stereocenters. The Kier molecular flexibility index (Phi) is 6.52. The van der Waals surface area contributed by atoms with Crippen LogP contribution in [-0.4, -0.2) is 81.8 Å². The highest BCUT2D eigenvalue weighted by molar-refractivity contribution is 7.88. The molecule has 1 unspecified atom stereocenters. The lowest BCUT2D eigenvalue weighted by molar-refractivity contribution is -0.119. The first kappa shape index (κ1) is 20.3. The van der Waals surface area contributed by atoms with E-state index in [0.29, 0.717) is 26.3 Å². The topological polar surface area (TPSA) is 70.2 Å². The molecule has 0 N–H and O–H groups in total. The number of fused-ring (bicyclic) bond motifs is 1. The fourth-order valence-electron chi connectivity index (χ4n) is 3.81. The second-order valence-corrected chi connectivity index (χ2v) is 9.29. The fourth-order valence-corrected chi connectivity index (χ4v) is 4.64. The van der Waals surface area contributed by atoms with Crippen molar-refractivity contribution in [3.05, 3.63) is 29.8 Å². The molecule has 1 aromatic carbocycles. The van der Waals surface area contributed by atoms with Crippen LogP contribution in [0.4, 0.5) is 5.69 Å². The van der Waals surface area contributed by atoms with E-state index in [1.165, 1.54) is 16.1 Å². The predicted molar refractivity (Wildman–Crippen MR) is 105 cm³/mol. The van der Waals surface area contributed by atoms with Gasteiger partial charge in [-0.15, -0.1) is 0 Å². The molecular weight excluding hydrogens is 366 g/mol. The molecule has 2 aliphatic rings. The van der Waals surface area contributed by atoms with Crippen LogP contribution in [-0.2, 0) is 26.0 Å². The fraction of sp³-hybridized carbons (Fsp3) is 0.632. The monoisotopic (exact) mass is 395 g/mol. The maximum atomic E-state index is 12.8. The highest BCUT2D eigenvalue weighted by atomic mass is 32.2. The molecule has 150 valence electrons. The van der Waals surface area contributed by atoms with Crippen LogP contribution in [0.2, 0.25) is 0 Å². The summed E-state index contributed by atoms with van der Waals surface area (Å²) in [5.74, 6) is -0.0209. The van der Waals surface area contributed by atoms with E-state index in [2.05, 4.69) is 4.90 Å². The zero-order valence-electron chi connectivity index (χ0n) is 16.1. The second-order valence-electron chi connectivity index (χ2n) is 7.31. The van der Waals surface area contributed by atoms with Crippen LogP contribution in [0.25, 0.3) is 0 Å². The lowest BCUT2D eigenvalue weighted by Gasteiger charge is -2.29. The third-order valence-corrected chi connectivity index (χ3v) is 6.59. The number of morpholine rings is 1. The van der Waals surface area contributed by atoms with Gasteiger partial charge in [0.15, 0.2) is 0 Å². The van der Waals surface area contributed by atoms with Crippen LogP contribution < -0.4 is 4.90 Å². The lowest BCUT2D eigenvalue weighted by Crippen LogP contribution is -2.44. The van der Waals surface area contributed by atoms with Gasteiger partial charge in [-0.3, -0.25) is 9.69 Å². The average Bonchev–Trinajstić information content (AvgIpc) is 2.97. The number of carbonyl (C=O) groups is 1. The number of anilines is 1. The Labute approximate surface area is 161 Å². The van der Waals surface area contributed by atoms with Crippen molar-refractivity contribution < 1.29 is 17.9 Å². The lowest BCUT2D eigenvalue weighted by atomic mass is 10.1. The van der Waals surface area contributed by atoms with Gasteiger partial charge in [0.25, 0.3) is 0 Å². The molecule has 1 saturated heterocycles. The number of hydrogen-bond acceptors (Lipinski definition) is 5. The molecule has 0 aliphatic carbocycles. The smallest absolute Gasteiger partial charge is 0.228 e. The summed E-state index contributed by atoms with van der Waals surface area (Å²) in [5.41, 5.74) is 2.12. The van der Waals surface area contributed by atoms with Gasteiger partial charge in [0.2, 0.25) is 15.9 Å². The van der Waals surface area contributed by atoms with E-state index in [9.17, 15) is 13.2 Å². The first-order valence-electron chi connectivity index (χ1n) is 9.51. The van der Waals surface area contributed by atoms with Crippen LogP contribution in [0.5, 0.6) is 0 Å². The van der Waals surface area contributed by atoms with Crippen molar-refractivity contribution in [3.63, 3.8) is 0 Å². The van der Waals surface area contributed by atoms with Crippen molar-refractivity contribution in [1.29, 1.82) is 0 Å². The zero-order chi connectivity index (χ0) is 19.4. The summed E-state index contributed by atoms with van der Waals surface area (Å²) in [4.78, 5) is 16.8. The van der Waals surface area contributed by atoms with Crippen molar-refractivity contribution in [2.75, 3.05) is 57.1 Å². The number of rotatable bonds is 7. The number of sulfonamides is 1. The Bertz CT molecular complexity index is 762. The molecule has 0 bridgehead atoms. The van der Waals surface area contributed by atoms with Gasteiger partial charge in [0, 0.05) is 50.9 Å². The number of hydrogen-bond donors (Lipinski definition) is 0. The predicted octanol–water partition coefficient (Wildman–Crippen LogP) is 0.948. The minimum absolute atomic E-state index is 0.0209. The second kappa shape index (κ2) is 8.68. The Balaban J connectivity index is 1.59. The van der Waals surface area contributed by atoms with Crippen LogP contribution >= 0.6 is 0 Å². The summed E-state index contributed by atoms with van der Waals surface area (Å²) in [6, 6.07) is 8.03. The molecule has 0 radical (unpaired) electrons. The quantitative estimate of drug-likeness (QED) is 0.687. The van der Waals surface area contributed by atoms with Crippen LogP contribution in [0.3, 0.4) is 0 Å². The molecule has 1 amide bonds. The molecule has 7 nitrogen and oxygen atoms in total. The minimum atomic E-state index is -3.35. The molecule has 0 aromatic heterocycles. The average molecular weight is 396 g/mol. The van der Waals surface area contributed by atoms with E-state index in [4.69, 9.17) is 4.74 Å². The molecule has 2 aliphatic heterocycles. The zero-order valence-corrected chi connectivity index (χ0v) is 17.0. The number of nitrogens with zero attached hydrogens (tertiary/aromatic N) is 3. The Morgan fingerprint density at radius 1 is 1.22 bits per heavy atom. The highest BCUT2D eigenvalue weighted by Crippen LogP contribution is 2.32. The Hall–Kier alpha value is -1.48. The van der Waals surface area contributed by atoms with Gasteiger partial charge in [0.05, 0.1) is 19.5 Å². The molecule has 0 spiro atoms. The van der Waals surface area contributed by atoms with E-state index in [1.54, 1.807) is 0 Å². The molecule has 27 heavy (non-hydrogen) atoms. The minimum Gasteiger partial charge on any atom is -0.379 e. The van der Waals surface area contributed by atoms with E-state index in [1.807, 2.05) is 36.1 Å². The number of ether oxygens (including phenoxy) is 1. The van der Waals surface area contributed by atoms with Gasteiger partial charge in [0.1, 0.15) is 0 Å². The molecule has 0 saturated carbocycles. The van der Waals surface area contributed by atoms with Crippen molar-refractivity contribution in [2.24, 2.45) is 0 Å². The first-order chi connectivity index (χ1) is 12.9. The number of carbonyl (C=O) groups excluding carboxylic acids is 1. The third-order valence-electron chi connectivity index (χ3n) is 5.29. The highest BCUT2D eigenvalue weighted by Gasteiger charge is 2.31. The van der Waals surface area contributed by atoms with Crippen LogP contribution in [0.1, 0.15) is 18.9 Å². The summed E-state index contributed by atoms with van der Waals surface area (Å²) < 4.78 is 31.1. The van der Waals surface area contributed by atoms with Crippen molar-refractivity contribution >= 4 is 21.6 Å². The molecule has 3 rings (SSSR count). The summed E-state index contributed by atoms with van der Waals surface area (Å²) >= 11 is 0. The van der Waals surface area contributed by atoms with E-state index < -0.39 is 10.0 Å².